The molecule has 1 amide bonds. The molecule has 2 aromatic carbocycles. The van der Waals surface area contributed by atoms with Crippen LogP contribution in [-0.4, -0.2) is 40.1 Å². The van der Waals surface area contributed by atoms with Crippen LogP contribution in [0.1, 0.15) is 39.3 Å². The number of hydrogen-bond donors (Lipinski definition) is 3. The lowest BCUT2D eigenvalue weighted by Gasteiger charge is -2.21. The summed E-state index contributed by atoms with van der Waals surface area (Å²) in [7, 11) is 0. The Morgan fingerprint density at radius 2 is 1.97 bits per heavy atom. The molecule has 0 bridgehead atoms. The summed E-state index contributed by atoms with van der Waals surface area (Å²) >= 11 is 0. The number of aliphatic hydroxyl groups excluding tert-OH is 1. The molecule has 1 aromatic heterocycles. The second-order valence-electron chi connectivity index (χ2n) is 9.33. The average molecular weight is 406 g/mol. The van der Waals surface area contributed by atoms with Gasteiger partial charge in [-0.3, -0.25) is 9.69 Å². The van der Waals surface area contributed by atoms with E-state index in [1.165, 1.54) is 11.1 Å². The van der Waals surface area contributed by atoms with Crippen molar-refractivity contribution in [2.75, 3.05) is 18.5 Å². The Bertz CT molecular complexity index is 1050. The van der Waals surface area contributed by atoms with Crippen LogP contribution in [0.4, 0.5) is 5.69 Å². The zero-order valence-corrected chi connectivity index (χ0v) is 18.0. The zero-order valence-electron chi connectivity index (χ0n) is 18.0. The molecule has 1 aliphatic heterocycles. The number of likely N-dealkylation sites (tertiary alicyclic amines) is 1. The predicted octanol–water partition coefficient (Wildman–Crippen LogP) is 4.78. The van der Waals surface area contributed by atoms with Crippen LogP contribution < -0.4 is 5.32 Å². The maximum absolute atomic E-state index is 12.3. The van der Waals surface area contributed by atoms with Crippen molar-refractivity contribution in [3.05, 3.63) is 54.2 Å². The second-order valence-corrected chi connectivity index (χ2v) is 9.33. The van der Waals surface area contributed by atoms with Crippen molar-refractivity contribution in [1.82, 2.24) is 9.88 Å². The predicted molar refractivity (Wildman–Crippen MR) is 122 cm³/mol. The van der Waals surface area contributed by atoms with Crippen LogP contribution in [0.3, 0.4) is 0 Å². The van der Waals surface area contributed by atoms with Gasteiger partial charge in [0.2, 0.25) is 5.91 Å². The van der Waals surface area contributed by atoms with Crippen LogP contribution in [-0.2, 0) is 11.3 Å². The molecule has 1 fully saturated rings. The molecule has 2 heterocycles. The minimum absolute atomic E-state index is 0.00785. The largest absolute Gasteiger partial charge is 0.395 e. The van der Waals surface area contributed by atoms with Crippen molar-refractivity contribution in [3.63, 3.8) is 0 Å². The summed E-state index contributed by atoms with van der Waals surface area (Å²) in [5.74, 6) is 0.00785. The molecular formula is C25H31N3O2. The number of nitrogens with zero attached hydrogens (tertiary/aromatic N) is 1. The molecular weight excluding hydrogens is 374 g/mol. The summed E-state index contributed by atoms with van der Waals surface area (Å²) in [6.45, 7) is 7.84. The summed E-state index contributed by atoms with van der Waals surface area (Å²) < 4.78 is 0. The summed E-state index contributed by atoms with van der Waals surface area (Å²) in [6, 6.07) is 16.9. The molecule has 30 heavy (non-hydrogen) atoms. The van der Waals surface area contributed by atoms with Gasteiger partial charge in [-0.2, -0.15) is 0 Å². The fourth-order valence-corrected chi connectivity index (χ4v) is 4.08. The SMILES string of the molecule is CC(C)(C)C(=O)Nc1cccc(-c2ccc3[nH]c(CN4CCC[C@@H]4CO)cc3c2)c1. The Hall–Kier alpha value is -2.63. The van der Waals surface area contributed by atoms with Gasteiger partial charge in [0.1, 0.15) is 0 Å². The van der Waals surface area contributed by atoms with Crippen molar-refractivity contribution in [1.29, 1.82) is 0 Å². The van der Waals surface area contributed by atoms with Crippen LogP contribution in [0.2, 0.25) is 0 Å². The highest BCUT2D eigenvalue weighted by atomic mass is 16.3. The van der Waals surface area contributed by atoms with Gasteiger partial charge in [-0.1, -0.05) is 39.0 Å². The Labute approximate surface area is 178 Å². The van der Waals surface area contributed by atoms with E-state index in [1.807, 2.05) is 39.0 Å². The average Bonchev–Trinajstić information content (AvgIpc) is 3.32. The second kappa shape index (κ2) is 8.25. The molecule has 3 aromatic rings. The zero-order chi connectivity index (χ0) is 21.3. The van der Waals surface area contributed by atoms with Crippen molar-refractivity contribution in [2.45, 2.75) is 46.2 Å². The first-order valence-electron chi connectivity index (χ1n) is 10.7. The summed E-state index contributed by atoms with van der Waals surface area (Å²) in [4.78, 5) is 18.2. The van der Waals surface area contributed by atoms with E-state index < -0.39 is 5.41 Å². The molecule has 158 valence electrons. The number of rotatable bonds is 5. The Morgan fingerprint density at radius 1 is 1.17 bits per heavy atom. The van der Waals surface area contributed by atoms with Crippen LogP contribution in [0, 0.1) is 5.41 Å². The molecule has 0 unspecified atom stereocenters. The smallest absolute Gasteiger partial charge is 0.229 e. The Morgan fingerprint density at radius 3 is 2.73 bits per heavy atom. The van der Waals surface area contributed by atoms with E-state index in [0.717, 1.165) is 48.3 Å². The van der Waals surface area contributed by atoms with E-state index >= 15 is 0 Å². The van der Waals surface area contributed by atoms with E-state index in [4.69, 9.17) is 0 Å². The van der Waals surface area contributed by atoms with Crippen LogP contribution in [0.25, 0.3) is 22.0 Å². The first-order chi connectivity index (χ1) is 14.3. The summed E-state index contributed by atoms with van der Waals surface area (Å²) in [5, 5.41) is 13.7. The third-order valence-electron chi connectivity index (χ3n) is 5.89. The van der Waals surface area contributed by atoms with E-state index in [1.54, 1.807) is 0 Å². The van der Waals surface area contributed by atoms with Gasteiger partial charge >= 0.3 is 0 Å². The van der Waals surface area contributed by atoms with E-state index in [2.05, 4.69) is 45.5 Å². The quantitative estimate of drug-likeness (QED) is 0.572. The first kappa shape index (κ1) is 20.6. The lowest BCUT2D eigenvalue weighted by molar-refractivity contribution is -0.123. The molecule has 4 rings (SSSR count). The van der Waals surface area contributed by atoms with Gasteiger partial charge in [0, 0.05) is 40.3 Å². The van der Waals surface area contributed by atoms with Gasteiger partial charge in [-0.15, -0.1) is 0 Å². The standard InChI is InChI=1S/C25H31N3O2/c1-25(2,3)24(30)27-20-7-4-6-17(13-20)18-9-10-23-19(12-18)14-21(26-23)15-28-11-5-8-22(28)16-29/h4,6-7,9-10,12-14,22,26,29H,5,8,11,15-16H2,1-3H3,(H,27,30)/t22-/m1/s1. The lowest BCUT2D eigenvalue weighted by Crippen LogP contribution is -2.31. The van der Waals surface area contributed by atoms with Gasteiger partial charge < -0.3 is 15.4 Å². The lowest BCUT2D eigenvalue weighted by atomic mass is 9.95. The molecule has 3 N–H and O–H groups in total. The first-order valence-corrected chi connectivity index (χ1v) is 10.7. The fourth-order valence-electron chi connectivity index (χ4n) is 4.08. The highest BCUT2D eigenvalue weighted by Crippen LogP contribution is 2.28. The number of aromatic amines is 1. The molecule has 1 aliphatic rings. The molecule has 5 heteroatoms. The molecule has 5 nitrogen and oxygen atoms in total. The summed E-state index contributed by atoms with van der Waals surface area (Å²) in [5.41, 5.74) is 4.87. The van der Waals surface area contributed by atoms with Gasteiger partial charge in [0.15, 0.2) is 0 Å². The van der Waals surface area contributed by atoms with Gasteiger partial charge in [0.25, 0.3) is 0 Å². The topological polar surface area (TPSA) is 68.4 Å². The number of nitrogens with one attached hydrogen (secondary N) is 2. The van der Waals surface area contributed by atoms with Gasteiger partial charge in [-0.05, 0) is 60.8 Å². The molecule has 0 spiro atoms. The number of H-pyrrole nitrogens is 1. The van der Waals surface area contributed by atoms with Crippen LogP contribution in [0.15, 0.2) is 48.5 Å². The molecule has 0 saturated carbocycles. The van der Waals surface area contributed by atoms with Crippen molar-refractivity contribution < 1.29 is 9.90 Å². The fraction of sp³-hybridized carbons (Fsp3) is 0.400. The Balaban J connectivity index is 1.55. The minimum atomic E-state index is -0.430. The van der Waals surface area contributed by atoms with Crippen LogP contribution in [0.5, 0.6) is 0 Å². The number of hydrogen-bond acceptors (Lipinski definition) is 3. The summed E-state index contributed by atoms with van der Waals surface area (Å²) in [6.07, 6.45) is 2.22. The number of aromatic nitrogens is 1. The normalized spacial score (nSPS) is 17.5. The number of amides is 1. The number of carbonyl (C=O) groups is 1. The third-order valence-corrected chi connectivity index (χ3v) is 5.89. The minimum Gasteiger partial charge on any atom is -0.395 e. The monoisotopic (exact) mass is 405 g/mol. The highest BCUT2D eigenvalue weighted by Gasteiger charge is 2.24. The van der Waals surface area contributed by atoms with Crippen molar-refractivity contribution in [2.24, 2.45) is 5.41 Å². The number of anilines is 1. The van der Waals surface area contributed by atoms with E-state index in [0.29, 0.717) is 0 Å². The number of aliphatic hydroxyl groups is 1. The van der Waals surface area contributed by atoms with Crippen molar-refractivity contribution in [3.8, 4) is 11.1 Å². The van der Waals surface area contributed by atoms with E-state index in [9.17, 15) is 9.90 Å². The molecule has 1 saturated heterocycles. The molecule has 1 atom stereocenters. The van der Waals surface area contributed by atoms with E-state index in [-0.39, 0.29) is 18.6 Å². The van der Waals surface area contributed by atoms with Gasteiger partial charge in [0.05, 0.1) is 6.61 Å². The molecule has 0 aliphatic carbocycles. The number of carbonyl (C=O) groups excluding carboxylic acids is 1. The third kappa shape index (κ3) is 4.42. The number of fused-ring (bicyclic) bond motifs is 1. The van der Waals surface area contributed by atoms with Gasteiger partial charge in [-0.25, -0.2) is 0 Å². The molecule has 0 radical (unpaired) electrons. The number of benzene rings is 2. The highest BCUT2D eigenvalue weighted by molar-refractivity contribution is 5.95. The maximum Gasteiger partial charge on any atom is 0.229 e. The maximum atomic E-state index is 12.3. The van der Waals surface area contributed by atoms with Crippen molar-refractivity contribution >= 4 is 22.5 Å². The van der Waals surface area contributed by atoms with Crippen LogP contribution >= 0.6 is 0 Å². The Kier molecular flexibility index (Phi) is 5.67.